The van der Waals surface area contributed by atoms with Gasteiger partial charge in [-0.2, -0.15) is 0 Å². The van der Waals surface area contributed by atoms with E-state index in [4.69, 9.17) is 11.6 Å². The van der Waals surface area contributed by atoms with Crippen molar-refractivity contribution in [1.82, 2.24) is 0 Å². The van der Waals surface area contributed by atoms with E-state index in [9.17, 15) is 9.90 Å². The molecule has 19 heavy (non-hydrogen) atoms. The van der Waals surface area contributed by atoms with Crippen molar-refractivity contribution in [3.63, 3.8) is 0 Å². The summed E-state index contributed by atoms with van der Waals surface area (Å²) >= 11 is 9.34. The number of aromatic carboxylic acids is 1. The first-order valence-corrected chi connectivity index (χ1v) is 6.70. The topological polar surface area (TPSA) is 49.3 Å². The van der Waals surface area contributed by atoms with Gasteiger partial charge in [-0.1, -0.05) is 17.7 Å². The Hall–Kier alpha value is -1.52. The number of carbonyl (C=O) groups is 1. The van der Waals surface area contributed by atoms with Crippen molar-refractivity contribution < 1.29 is 9.90 Å². The lowest BCUT2D eigenvalue weighted by molar-refractivity contribution is 0.0698. The molecule has 2 N–H and O–H groups in total. The molecule has 0 atom stereocenters. The molecule has 0 amide bonds. The molecule has 0 aliphatic heterocycles. The van der Waals surface area contributed by atoms with Crippen molar-refractivity contribution >= 4 is 44.9 Å². The molecule has 0 aliphatic carbocycles. The number of carboxylic acids is 1. The third kappa shape index (κ3) is 3.28. The van der Waals surface area contributed by atoms with Crippen LogP contribution < -0.4 is 5.32 Å². The van der Waals surface area contributed by atoms with Gasteiger partial charge in [0.2, 0.25) is 0 Å². The molecule has 0 radical (unpaired) electrons. The number of hydrogen-bond acceptors (Lipinski definition) is 2. The van der Waals surface area contributed by atoms with Crippen LogP contribution in [0.3, 0.4) is 0 Å². The van der Waals surface area contributed by atoms with Crippen LogP contribution in [0.4, 0.5) is 11.4 Å². The summed E-state index contributed by atoms with van der Waals surface area (Å²) in [6, 6.07) is 10.4. The molecule has 2 aromatic rings. The average Bonchev–Trinajstić information content (AvgIpc) is 2.33. The second-order valence-electron chi connectivity index (χ2n) is 4.10. The highest BCUT2D eigenvalue weighted by Crippen LogP contribution is 2.30. The third-order valence-electron chi connectivity index (χ3n) is 2.60. The number of nitrogens with one attached hydrogen (secondary N) is 1. The summed E-state index contributed by atoms with van der Waals surface area (Å²) in [5, 5.41) is 12.9. The van der Waals surface area contributed by atoms with Crippen LogP contribution in [0.1, 0.15) is 15.9 Å². The smallest absolute Gasteiger partial charge is 0.337 e. The van der Waals surface area contributed by atoms with Gasteiger partial charge >= 0.3 is 5.97 Å². The Morgan fingerprint density at radius 3 is 2.63 bits per heavy atom. The van der Waals surface area contributed by atoms with Crippen LogP contribution in [0.2, 0.25) is 5.02 Å². The molecule has 0 saturated carbocycles. The molecule has 0 aliphatic rings. The number of halogens is 2. The van der Waals surface area contributed by atoms with Crippen molar-refractivity contribution in [1.29, 1.82) is 0 Å². The highest BCUT2D eigenvalue weighted by molar-refractivity contribution is 9.10. The Bertz CT molecular complexity index is 643. The first kappa shape index (κ1) is 13.9. The lowest BCUT2D eigenvalue weighted by Gasteiger charge is -2.12. The van der Waals surface area contributed by atoms with E-state index in [1.54, 1.807) is 36.4 Å². The van der Waals surface area contributed by atoms with E-state index < -0.39 is 5.97 Å². The molecule has 0 spiro atoms. The molecule has 0 aromatic heterocycles. The van der Waals surface area contributed by atoms with Crippen LogP contribution in [0.15, 0.2) is 40.9 Å². The zero-order valence-corrected chi connectivity index (χ0v) is 12.4. The van der Waals surface area contributed by atoms with Crippen molar-refractivity contribution in [3.05, 3.63) is 57.0 Å². The summed E-state index contributed by atoms with van der Waals surface area (Å²) in [5.41, 5.74) is 2.46. The summed E-state index contributed by atoms with van der Waals surface area (Å²) in [5.74, 6) is -0.972. The quantitative estimate of drug-likeness (QED) is 0.839. The highest BCUT2D eigenvalue weighted by Gasteiger charge is 2.11. The maximum absolute atomic E-state index is 11.2. The predicted octanol–water partition coefficient (Wildman–Crippen LogP) is 4.85. The van der Waals surface area contributed by atoms with Crippen molar-refractivity contribution in [2.45, 2.75) is 6.92 Å². The number of aryl methyl sites for hydroxylation is 1. The summed E-state index contributed by atoms with van der Waals surface area (Å²) in [7, 11) is 0. The van der Waals surface area contributed by atoms with Gasteiger partial charge in [-0.15, -0.1) is 0 Å². The fourth-order valence-corrected chi connectivity index (χ4v) is 2.20. The molecule has 5 heteroatoms. The first-order chi connectivity index (χ1) is 8.97. The van der Waals surface area contributed by atoms with Crippen molar-refractivity contribution in [2.24, 2.45) is 0 Å². The molecule has 0 fully saturated rings. The Kier molecular flexibility index (Phi) is 4.12. The Morgan fingerprint density at radius 2 is 1.95 bits per heavy atom. The Morgan fingerprint density at radius 1 is 1.21 bits per heavy atom. The van der Waals surface area contributed by atoms with Gasteiger partial charge in [0, 0.05) is 9.50 Å². The van der Waals surface area contributed by atoms with Crippen LogP contribution in [-0.2, 0) is 0 Å². The van der Waals surface area contributed by atoms with Crippen LogP contribution in [0, 0.1) is 6.92 Å². The largest absolute Gasteiger partial charge is 0.478 e. The number of hydrogen-bond donors (Lipinski definition) is 2. The molecule has 2 aromatic carbocycles. The second kappa shape index (κ2) is 5.63. The van der Waals surface area contributed by atoms with E-state index in [1.165, 1.54) is 0 Å². The van der Waals surface area contributed by atoms with Crippen LogP contribution >= 0.6 is 27.5 Å². The predicted molar refractivity (Wildman–Crippen MR) is 80.6 cm³/mol. The lowest BCUT2D eigenvalue weighted by Crippen LogP contribution is -2.03. The molecule has 0 bridgehead atoms. The molecular formula is C14H11BrClNO2. The molecule has 98 valence electrons. The first-order valence-electron chi connectivity index (χ1n) is 5.53. The number of carboxylic acid groups (broad SMARTS) is 1. The fraction of sp³-hybridized carbons (Fsp3) is 0.0714. The molecule has 0 saturated heterocycles. The van der Waals surface area contributed by atoms with Gasteiger partial charge in [0.05, 0.1) is 16.9 Å². The van der Waals surface area contributed by atoms with Gasteiger partial charge in [-0.05, 0) is 58.7 Å². The molecule has 0 unspecified atom stereocenters. The number of anilines is 2. The molecule has 0 heterocycles. The van der Waals surface area contributed by atoms with Gasteiger partial charge < -0.3 is 10.4 Å². The molecule has 2 rings (SSSR count). The van der Waals surface area contributed by atoms with E-state index >= 15 is 0 Å². The zero-order chi connectivity index (χ0) is 14.0. The average molecular weight is 341 g/mol. The summed E-state index contributed by atoms with van der Waals surface area (Å²) in [4.78, 5) is 11.2. The van der Waals surface area contributed by atoms with E-state index in [0.29, 0.717) is 10.7 Å². The van der Waals surface area contributed by atoms with Crippen LogP contribution in [0.25, 0.3) is 0 Å². The van der Waals surface area contributed by atoms with Crippen molar-refractivity contribution in [2.75, 3.05) is 5.32 Å². The van der Waals surface area contributed by atoms with E-state index in [2.05, 4.69) is 21.2 Å². The van der Waals surface area contributed by atoms with E-state index in [1.807, 2.05) is 6.92 Å². The van der Waals surface area contributed by atoms with E-state index in [-0.39, 0.29) is 5.56 Å². The Labute approximate surface area is 124 Å². The minimum Gasteiger partial charge on any atom is -0.478 e. The third-order valence-corrected chi connectivity index (χ3v) is 3.53. The SMILES string of the molecule is Cc1ccc(C(=O)O)c(Nc2cc(Cl)ccc2Br)c1. The fourth-order valence-electron chi connectivity index (χ4n) is 1.69. The minimum atomic E-state index is -0.972. The minimum absolute atomic E-state index is 0.220. The molecular weight excluding hydrogens is 330 g/mol. The summed E-state index contributed by atoms with van der Waals surface area (Å²) in [6.07, 6.45) is 0. The highest BCUT2D eigenvalue weighted by atomic mass is 79.9. The lowest BCUT2D eigenvalue weighted by atomic mass is 10.1. The van der Waals surface area contributed by atoms with Gasteiger partial charge in [0.25, 0.3) is 0 Å². The van der Waals surface area contributed by atoms with Gasteiger partial charge in [-0.25, -0.2) is 4.79 Å². The van der Waals surface area contributed by atoms with Crippen molar-refractivity contribution in [3.8, 4) is 0 Å². The maximum Gasteiger partial charge on any atom is 0.337 e. The van der Waals surface area contributed by atoms with Gasteiger partial charge in [0.15, 0.2) is 0 Å². The van der Waals surface area contributed by atoms with Crippen LogP contribution in [0.5, 0.6) is 0 Å². The summed E-state index contributed by atoms with van der Waals surface area (Å²) in [6.45, 7) is 1.91. The van der Waals surface area contributed by atoms with Gasteiger partial charge in [0.1, 0.15) is 0 Å². The van der Waals surface area contributed by atoms with Gasteiger partial charge in [-0.3, -0.25) is 0 Å². The Balaban J connectivity index is 2.45. The maximum atomic E-state index is 11.2. The second-order valence-corrected chi connectivity index (χ2v) is 5.39. The number of benzene rings is 2. The van der Waals surface area contributed by atoms with E-state index in [0.717, 1.165) is 15.7 Å². The number of rotatable bonds is 3. The van der Waals surface area contributed by atoms with Crippen LogP contribution in [-0.4, -0.2) is 11.1 Å². The monoisotopic (exact) mass is 339 g/mol. The summed E-state index contributed by atoms with van der Waals surface area (Å²) < 4.78 is 0.815. The standard InChI is InChI=1S/C14H11BrClNO2/c1-8-2-4-10(14(18)19)12(6-8)17-13-7-9(16)3-5-11(13)15/h2-7,17H,1H3,(H,18,19). The normalized spacial score (nSPS) is 10.3. The zero-order valence-electron chi connectivity index (χ0n) is 10.1. The molecule has 3 nitrogen and oxygen atoms in total.